The van der Waals surface area contributed by atoms with E-state index in [1.165, 1.54) is 23.5 Å². The number of nitrogens with one attached hydrogen (secondary N) is 2. The lowest BCUT2D eigenvalue weighted by Gasteiger charge is -2.22. The lowest BCUT2D eigenvalue weighted by molar-refractivity contribution is -0.705. The van der Waals surface area contributed by atoms with Crippen molar-refractivity contribution in [2.75, 3.05) is 4.90 Å². The highest BCUT2D eigenvalue weighted by atomic mass is 35.5. The van der Waals surface area contributed by atoms with E-state index in [4.69, 9.17) is 23.2 Å². The van der Waals surface area contributed by atoms with Crippen molar-refractivity contribution < 1.29 is 14.7 Å². The van der Waals surface area contributed by atoms with Gasteiger partial charge in [-0.25, -0.2) is 19.7 Å². The summed E-state index contributed by atoms with van der Waals surface area (Å²) in [7, 11) is 0. The molecule has 2 N–H and O–H groups in total. The Morgan fingerprint density at radius 3 is 2.40 bits per heavy atom. The van der Waals surface area contributed by atoms with E-state index in [-0.39, 0.29) is 22.0 Å². The number of aromatic nitrogens is 3. The zero-order valence-corrected chi connectivity index (χ0v) is 23.4. The molecule has 204 valence electrons. The Morgan fingerprint density at radius 2 is 1.77 bits per heavy atom. The zero-order chi connectivity index (χ0) is 28.5. The first-order chi connectivity index (χ1) is 19.4. The van der Waals surface area contributed by atoms with Crippen LogP contribution >= 0.6 is 34.5 Å². The van der Waals surface area contributed by atoms with Crippen LogP contribution in [0.1, 0.15) is 28.0 Å². The Hall–Kier alpha value is -3.93. The molecule has 0 radical (unpaired) electrons. The van der Waals surface area contributed by atoms with Crippen LogP contribution in [0.5, 0.6) is 0 Å². The van der Waals surface area contributed by atoms with Gasteiger partial charge in [-0.2, -0.15) is 0 Å². The van der Waals surface area contributed by atoms with Crippen LogP contribution in [0.25, 0.3) is 6.08 Å². The molecule has 4 rings (SSSR count). The van der Waals surface area contributed by atoms with E-state index in [9.17, 15) is 14.8 Å². The second-order valence-electron chi connectivity index (χ2n) is 8.40. The molecule has 0 aliphatic carbocycles. The SMILES string of the molecule is C=C[NH+]([O-])C(=O)C(C/C=C/c1ccc(N(Cc2cscn2)c2ncccn2)cc1)NC(=O)c1c(Cl)cccc1Cl. The summed E-state index contributed by atoms with van der Waals surface area (Å²) in [6.45, 7) is 3.86. The fourth-order valence-electron chi connectivity index (χ4n) is 3.74. The standard InChI is InChI=1S/C28H24Cl2N6O3S/c1-2-36(39)27(38)24(34-26(37)25-22(29)7-4-8-23(25)30)9-3-6-19-10-12-21(13-11-19)35(16-20-17-40-18-33-20)28-31-14-5-15-32-28/h2-8,10-15,17-18,24,36H,1,9,16H2,(H,34,37)/b6-3+. The first-order valence-electron chi connectivity index (χ1n) is 12.0. The van der Waals surface area contributed by atoms with Crippen molar-refractivity contribution in [3.05, 3.63) is 123 Å². The molecule has 2 amide bonds. The highest BCUT2D eigenvalue weighted by Crippen LogP contribution is 2.26. The van der Waals surface area contributed by atoms with E-state index in [0.29, 0.717) is 12.5 Å². The number of thiazole rings is 1. The van der Waals surface area contributed by atoms with Gasteiger partial charge in [-0.3, -0.25) is 9.86 Å². The van der Waals surface area contributed by atoms with E-state index < -0.39 is 22.9 Å². The number of carbonyl (C=O) groups excluding carboxylic acids is 2. The van der Waals surface area contributed by atoms with Gasteiger partial charge in [0.2, 0.25) is 5.95 Å². The molecule has 40 heavy (non-hydrogen) atoms. The molecule has 0 aliphatic heterocycles. The van der Waals surface area contributed by atoms with Crippen molar-refractivity contribution in [3.63, 3.8) is 0 Å². The molecule has 9 nitrogen and oxygen atoms in total. The van der Waals surface area contributed by atoms with Crippen molar-refractivity contribution in [1.82, 2.24) is 20.3 Å². The largest absolute Gasteiger partial charge is 0.622 e. The average molecular weight is 596 g/mol. The van der Waals surface area contributed by atoms with E-state index in [1.807, 2.05) is 34.5 Å². The third-order valence-electron chi connectivity index (χ3n) is 5.72. The summed E-state index contributed by atoms with van der Waals surface area (Å²) in [6, 6.07) is 12.9. The fraction of sp³-hybridized carbons (Fsp3) is 0.107. The van der Waals surface area contributed by atoms with Crippen LogP contribution in [0.4, 0.5) is 11.6 Å². The molecule has 4 aromatic rings. The number of hydrogen-bond acceptors (Lipinski definition) is 8. The molecule has 0 saturated heterocycles. The van der Waals surface area contributed by atoms with Crippen LogP contribution in [-0.4, -0.2) is 32.8 Å². The molecule has 0 aliphatic rings. The van der Waals surface area contributed by atoms with Crippen molar-refractivity contribution in [2.45, 2.75) is 19.0 Å². The van der Waals surface area contributed by atoms with Gasteiger partial charge in [-0.05, 0) is 48.9 Å². The first-order valence-corrected chi connectivity index (χ1v) is 13.7. The van der Waals surface area contributed by atoms with Crippen molar-refractivity contribution in [3.8, 4) is 0 Å². The Balaban J connectivity index is 1.49. The maximum Gasteiger partial charge on any atom is 0.339 e. The highest BCUT2D eigenvalue weighted by molar-refractivity contribution is 7.07. The quantitative estimate of drug-likeness (QED) is 0.239. The molecule has 2 atom stereocenters. The van der Waals surface area contributed by atoms with Crippen LogP contribution in [0, 0.1) is 5.21 Å². The van der Waals surface area contributed by atoms with Crippen LogP contribution in [0.2, 0.25) is 10.0 Å². The third kappa shape index (κ3) is 7.38. The summed E-state index contributed by atoms with van der Waals surface area (Å²) in [4.78, 5) is 40.6. The minimum Gasteiger partial charge on any atom is -0.622 e. The summed E-state index contributed by atoms with van der Waals surface area (Å²) >= 11 is 13.8. The number of hydroxylamine groups is 2. The summed E-state index contributed by atoms with van der Waals surface area (Å²) in [6.07, 6.45) is 7.83. The van der Waals surface area contributed by atoms with Crippen molar-refractivity contribution >= 4 is 64.1 Å². The number of carbonyl (C=O) groups is 2. The molecule has 2 aromatic heterocycles. The van der Waals surface area contributed by atoms with E-state index in [1.54, 1.807) is 42.2 Å². The second-order valence-corrected chi connectivity index (χ2v) is 9.93. The topological polar surface area (TPSA) is 116 Å². The average Bonchev–Trinajstić information content (AvgIpc) is 3.49. The molecule has 0 bridgehead atoms. The number of nitrogens with zero attached hydrogens (tertiary/aromatic N) is 4. The fourth-order valence-corrected chi connectivity index (χ4v) is 4.86. The summed E-state index contributed by atoms with van der Waals surface area (Å²) in [5.74, 6) is -0.916. The second kappa shape index (κ2) is 13.9. The van der Waals surface area contributed by atoms with Gasteiger partial charge in [0.1, 0.15) is 6.04 Å². The Morgan fingerprint density at radius 1 is 1.07 bits per heavy atom. The van der Waals surface area contributed by atoms with Crippen LogP contribution < -0.4 is 15.3 Å². The lowest BCUT2D eigenvalue weighted by atomic mass is 10.1. The Labute approximate surface area is 245 Å². The third-order valence-corrected chi connectivity index (χ3v) is 6.99. The number of quaternary nitrogens is 1. The first kappa shape index (κ1) is 29.1. The smallest absolute Gasteiger partial charge is 0.339 e. The Kier molecular flexibility index (Phi) is 10.1. The van der Waals surface area contributed by atoms with Gasteiger partial charge < -0.3 is 15.4 Å². The van der Waals surface area contributed by atoms with E-state index in [0.717, 1.165) is 23.1 Å². The number of amides is 2. The van der Waals surface area contributed by atoms with E-state index in [2.05, 4.69) is 26.8 Å². The van der Waals surface area contributed by atoms with E-state index >= 15 is 0 Å². The summed E-state index contributed by atoms with van der Waals surface area (Å²) in [5.41, 5.74) is 4.41. The number of benzene rings is 2. The molecule has 0 saturated carbocycles. The summed E-state index contributed by atoms with van der Waals surface area (Å²) < 4.78 is 0. The molecule has 0 spiro atoms. The molecule has 2 aromatic carbocycles. The van der Waals surface area contributed by atoms with Gasteiger partial charge in [0.05, 0.1) is 39.6 Å². The van der Waals surface area contributed by atoms with Crippen molar-refractivity contribution in [2.24, 2.45) is 0 Å². The maximum absolute atomic E-state index is 12.9. The minimum atomic E-state index is -1.13. The Bertz CT molecular complexity index is 1460. The molecular formula is C28H24Cl2N6O3S. The molecule has 2 unspecified atom stereocenters. The molecule has 12 heteroatoms. The number of rotatable bonds is 11. The van der Waals surface area contributed by atoms with Crippen LogP contribution in [0.3, 0.4) is 0 Å². The summed E-state index contributed by atoms with van der Waals surface area (Å²) in [5, 5.41) is 16.1. The van der Waals surface area contributed by atoms with Gasteiger partial charge in [0.25, 0.3) is 5.91 Å². The van der Waals surface area contributed by atoms with Gasteiger partial charge in [0, 0.05) is 23.5 Å². The van der Waals surface area contributed by atoms with Crippen LogP contribution in [0.15, 0.2) is 90.7 Å². The highest BCUT2D eigenvalue weighted by Gasteiger charge is 2.27. The number of anilines is 2. The monoisotopic (exact) mass is 594 g/mol. The van der Waals surface area contributed by atoms with Gasteiger partial charge in [0.15, 0.2) is 0 Å². The number of halogens is 2. The molecule has 2 heterocycles. The van der Waals surface area contributed by atoms with Gasteiger partial charge >= 0.3 is 5.91 Å². The van der Waals surface area contributed by atoms with Crippen LogP contribution in [-0.2, 0) is 11.3 Å². The minimum absolute atomic E-state index is 0.0267. The van der Waals surface area contributed by atoms with Gasteiger partial charge in [-0.1, -0.05) is 53.6 Å². The zero-order valence-electron chi connectivity index (χ0n) is 21.0. The maximum atomic E-state index is 12.9. The normalized spacial score (nSPS) is 12.6. The predicted molar refractivity (Wildman–Crippen MR) is 157 cm³/mol. The number of hydrogen-bond donors (Lipinski definition) is 2. The predicted octanol–water partition coefficient (Wildman–Crippen LogP) is 4.83. The lowest BCUT2D eigenvalue weighted by Crippen LogP contribution is -3.07. The molecule has 0 fully saturated rings. The van der Waals surface area contributed by atoms with Crippen molar-refractivity contribution in [1.29, 1.82) is 0 Å². The molecular weight excluding hydrogens is 571 g/mol. The van der Waals surface area contributed by atoms with Gasteiger partial charge in [-0.15, -0.1) is 11.3 Å².